The number of benzene rings is 2. The van der Waals surface area contributed by atoms with Crippen LogP contribution < -0.4 is 5.32 Å². The second-order valence-corrected chi connectivity index (χ2v) is 6.72. The van der Waals surface area contributed by atoms with E-state index in [-0.39, 0.29) is 18.7 Å². The van der Waals surface area contributed by atoms with Crippen molar-refractivity contribution in [3.8, 4) is 11.3 Å². The summed E-state index contributed by atoms with van der Waals surface area (Å²) in [6, 6.07) is 12.8. The molecule has 0 atom stereocenters. The van der Waals surface area contributed by atoms with Gasteiger partial charge in [-0.1, -0.05) is 11.6 Å². The maximum atomic E-state index is 12.1. The van der Waals surface area contributed by atoms with Gasteiger partial charge < -0.3 is 14.8 Å². The van der Waals surface area contributed by atoms with E-state index in [2.05, 4.69) is 15.4 Å². The molecule has 0 bridgehead atoms. The third-order valence-electron chi connectivity index (χ3n) is 4.24. The summed E-state index contributed by atoms with van der Waals surface area (Å²) in [5.74, 6) is -0.796. The van der Waals surface area contributed by atoms with Crippen LogP contribution in [0.1, 0.15) is 17.6 Å². The van der Waals surface area contributed by atoms with E-state index < -0.39 is 5.97 Å². The summed E-state index contributed by atoms with van der Waals surface area (Å²) in [7, 11) is 0. The van der Waals surface area contributed by atoms with E-state index in [4.69, 9.17) is 21.1 Å². The summed E-state index contributed by atoms with van der Waals surface area (Å²) in [6.45, 7) is 0. The second kappa shape index (κ2) is 7.76. The Labute approximate surface area is 169 Å². The number of nitrogens with one attached hydrogen (secondary N) is 1. The number of hydrogen-bond donors (Lipinski definition) is 2. The average molecular weight is 411 g/mol. The number of aromatic nitrogens is 3. The summed E-state index contributed by atoms with van der Waals surface area (Å²) in [5, 5.41) is 17.2. The highest BCUT2D eigenvalue weighted by molar-refractivity contribution is 6.30. The summed E-state index contributed by atoms with van der Waals surface area (Å²) in [4.78, 5) is 27.0. The molecule has 0 unspecified atom stereocenters. The summed E-state index contributed by atoms with van der Waals surface area (Å²) >= 11 is 5.90. The maximum Gasteiger partial charge on any atom is 0.303 e. The Bertz CT molecular complexity index is 1200. The number of anilines is 2. The number of carbonyl (C=O) groups is 2. The van der Waals surface area contributed by atoms with Crippen molar-refractivity contribution in [2.75, 3.05) is 5.32 Å². The van der Waals surface area contributed by atoms with Gasteiger partial charge in [0.25, 0.3) is 6.01 Å². The molecule has 146 valence electrons. The number of halogens is 1. The number of aliphatic carboxylic acids is 1. The van der Waals surface area contributed by atoms with Crippen LogP contribution in [0, 0.1) is 0 Å². The number of carbonyl (C=O) groups excluding carboxylic acids is 1. The van der Waals surface area contributed by atoms with Crippen LogP contribution in [0.4, 0.5) is 11.7 Å². The minimum Gasteiger partial charge on any atom is -0.481 e. The zero-order valence-electron chi connectivity index (χ0n) is 15.0. The van der Waals surface area contributed by atoms with E-state index in [1.54, 1.807) is 42.7 Å². The number of carboxylic acids is 1. The van der Waals surface area contributed by atoms with Crippen LogP contribution in [0.5, 0.6) is 0 Å². The van der Waals surface area contributed by atoms with Gasteiger partial charge >= 0.3 is 5.97 Å². The number of rotatable bonds is 6. The van der Waals surface area contributed by atoms with Gasteiger partial charge in [0.15, 0.2) is 5.76 Å². The molecule has 0 aliphatic heterocycles. The Morgan fingerprint density at radius 1 is 1.10 bits per heavy atom. The SMILES string of the molecule is O=C(O)CCC(=O)n1ncc2cc(Nc3ncc(-c4ccc(Cl)cc4)o3)ccc21. The molecular formula is C20H15ClN4O4. The fraction of sp³-hybridized carbons (Fsp3) is 0.100. The number of nitrogens with zero attached hydrogens (tertiary/aromatic N) is 3. The third kappa shape index (κ3) is 4.12. The van der Waals surface area contributed by atoms with E-state index in [0.29, 0.717) is 28.0 Å². The highest BCUT2D eigenvalue weighted by atomic mass is 35.5. The fourth-order valence-electron chi connectivity index (χ4n) is 2.83. The summed E-state index contributed by atoms with van der Waals surface area (Å²) in [6.07, 6.45) is 2.81. The minimum absolute atomic E-state index is 0.115. The fourth-order valence-corrected chi connectivity index (χ4v) is 2.96. The Morgan fingerprint density at radius 3 is 2.66 bits per heavy atom. The Morgan fingerprint density at radius 2 is 1.90 bits per heavy atom. The van der Waals surface area contributed by atoms with E-state index in [9.17, 15) is 9.59 Å². The molecule has 8 nitrogen and oxygen atoms in total. The quantitative estimate of drug-likeness (QED) is 0.478. The average Bonchev–Trinajstić information content (AvgIpc) is 3.33. The number of fused-ring (bicyclic) bond motifs is 1. The molecule has 2 aromatic carbocycles. The van der Waals surface area contributed by atoms with Crippen LogP contribution in [-0.2, 0) is 4.79 Å². The number of hydrogen-bond acceptors (Lipinski definition) is 6. The predicted octanol–water partition coefficient (Wildman–Crippen LogP) is 4.59. The Kier molecular flexibility index (Phi) is 5.01. The first-order valence-electron chi connectivity index (χ1n) is 8.71. The molecule has 2 N–H and O–H groups in total. The van der Waals surface area contributed by atoms with E-state index in [1.807, 2.05) is 12.1 Å². The van der Waals surface area contributed by atoms with E-state index in [1.165, 1.54) is 4.68 Å². The molecule has 4 rings (SSSR count). The Balaban J connectivity index is 1.51. The van der Waals surface area contributed by atoms with Crippen LogP contribution >= 0.6 is 11.6 Å². The first kappa shape index (κ1) is 18.7. The van der Waals surface area contributed by atoms with Crippen molar-refractivity contribution in [2.45, 2.75) is 12.8 Å². The van der Waals surface area contributed by atoms with Crippen LogP contribution in [0.2, 0.25) is 5.02 Å². The number of carboxylic acid groups (broad SMARTS) is 1. The molecule has 0 saturated carbocycles. The molecule has 0 amide bonds. The van der Waals surface area contributed by atoms with Crippen molar-refractivity contribution < 1.29 is 19.1 Å². The second-order valence-electron chi connectivity index (χ2n) is 6.28. The molecule has 0 spiro atoms. The zero-order chi connectivity index (χ0) is 20.4. The lowest BCUT2D eigenvalue weighted by molar-refractivity contribution is -0.137. The lowest BCUT2D eigenvalue weighted by Gasteiger charge is -2.04. The normalized spacial score (nSPS) is 10.9. The number of oxazole rings is 1. The molecule has 29 heavy (non-hydrogen) atoms. The van der Waals surface area contributed by atoms with Gasteiger partial charge in [-0.2, -0.15) is 5.10 Å². The van der Waals surface area contributed by atoms with Crippen LogP contribution in [-0.4, -0.2) is 31.7 Å². The van der Waals surface area contributed by atoms with Crippen LogP contribution in [0.25, 0.3) is 22.2 Å². The molecular weight excluding hydrogens is 396 g/mol. The monoisotopic (exact) mass is 410 g/mol. The first-order chi connectivity index (χ1) is 14.0. The summed E-state index contributed by atoms with van der Waals surface area (Å²) in [5.41, 5.74) is 2.16. The molecule has 2 aromatic heterocycles. The van der Waals surface area contributed by atoms with Gasteiger partial charge in [0.1, 0.15) is 0 Å². The molecule has 4 aromatic rings. The predicted molar refractivity (Wildman–Crippen MR) is 107 cm³/mol. The van der Waals surface area contributed by atoms with Gasteiger partial charge in [-0.25, -0.2) is 9.67 Å². The van der Waals surface area contributed by atoms with Gasteiger partial charge in [0.05, 0.1) is 24.3 Å². The van der Waals surface area contributed by atoms with Crippen molar-refractivity contribution in [1.82, 2.24) is 14.8 Å². The summed E-state index contributed by atoms with van der Waals surface area (Å²) < 4.78 is 6.94. The van der Waals surface area contributed by atoms with E-state index in [0.717, 1.165) is 10.9 Å². The minimum atomic E-state index is -1.02. The highest BCUT2D eigenvalue weighted by Gasteiger charge is 2.13. The molecule has 0 fully saturated rings. The first-order valence-corrected chi connectivity index (χ1v) is 9.09. The van der Waals surface area contributed by atoms with Crippen molar-refractivity contribution in [1.29, 1.82) is 0 Å². The molecule has 0 radical (unpaired) electrons. The van der Waals surface area contributed by atoms with Crippen LogP contribution in [0.3, 0.4) is 0 Å². The molecule has 2 heterocycles. The highest BCUT2D eigenvalue weighted by Crippen LogP contribution is 2.27. The molecule has 9 heteroatoms. The van der Waals surface area contributed by atoms with Gasteiger partial charge in [-0.15, -0.1) is 0 Å². The van der Waals surface area contributed by atoms with Crippen molar-refractivity contribution >= 4 is 46.1 Å². The van der Waals surface area contributed by atoms with Crippen LogP contribution in [0.15, 0.2) is 59.3 Å². The maximum absolute atomic E-state index is 12.1. The van der Waals surface area contributed by atoms with Gasteiger partial charge in [0, 0.05) is 28.1 Å². The standard InChI is InChI=1S/C20H15ClN4O4/c21-14-3-1-12(2-4-14)17-11-22-20(29-17)24-15-5-6-16-13(9-15)10-23-25(16)18(26)7-8-19(27)28/h1-6,9-11H,7-8H2,(H,22,24)(H,27,28). The van der Waals surface area contributed by atoms with E-state index >= 15 is 0 Å². The van der Waals surface area contributed by atoms with Crippen molar-refractivity contribution in [3.05, 3.63) is 59.9 Å². The lowest BCUT2D eigenvalue weighted by atomic mass is 10.2. The Hall–Kier alpha value is -3.65. The third-order valence-corrected chi connectivity index (χ3v) is 4.49. The smallest absolute Gasteiger partial charge is 0.303 e. The lowest BCUT2D eigenvalue weighted by Crippen LogP contribution is -2.13. The zero-order valence-corrected chi connectivity index (χ0v) is 15.8. The van der Waals surface area contributed by atoms with Gasteiger partial charge in [0.2, 0.25) is 5.91 Å². The largest absolute Gasteiger partial charge is 0.481 e. The topological polar surface area (TPSA) is 110 Å². The van der Waals surface area contributed by atoms with Gasteiger partial charge in [-0.05, 0) is 42.5 Å². The molecule has 0 aliphatic rings. The molecule has 0 aliphatic carbocycles. The molecule has 0 saturated heterocycles. The van der Waals surface area contributed by atoms with Crippen molar-refractivity contribution in [2.24, 2.45) is 0 Å². The van der Waals surface area contributed by atoms with Crippen molar-refractivity contribution in [3.63, 3.8) is 0 Å². The van der Waals surface area contributed by atoms with Gasteiger partial charge in [-0.3, -0.25) is 9.59 Å².